The van der Waals surface area contributed by atoms with Crippen molar-refractivity contribution in [3.8, 4) is 0 Å². The number of hydrogen-bond donors (Lipinski definition) is 2. The van der Waals surface area contributed by atoms with Gasteiger partial charge in [0.15, 0.2) is 6.54 Å². The highest BCUT2D eigenvalue weighted by Crippen LogP contribution is 2.12. The van der Waals surface area contributed by atoms with Gasteiger partial charge in [-0.05, 0) is 32.4 Å². The molecule has 19 heavy (non-hydrogen) atoms. The minimum absolute atomic E-state index is 0.0746. The van der Waals surface area contributed by atoms with Crippen LogP contribution in [0, 0.1) is 6.92 Å². The molecule has 4 heteroatoms. The summed E-state index contributed by atoms with van der Waals surface area (Å²) in [6.07, 6.45) is 0.454. The van der Waals surface area contributed by atoms with Gasteiger partial charge in [0.2, 0.25) is 0 Å². The molecule has 1 saturated heterocycles. The van der Waals surface area contributed by atoms with Gasteiger partial charge in [0.05, 0.1) is 0 Å². The van der Waals surface area contributed by atoms with Crippen molar-refractivity contribution in [2.24, 2.45) is 0 Å². The number of benzene rings is 1. The molecule has 0 saturated carbocycles. The predicted octanol–water partition coefficient (Wildman–Crippen LogP) is 0.626. The van der Waals surface area contributed by atoms with Gasteiger partial charge in [0.25, 0.3) is 5.91 Å². The summed E-state index contributed by atoms with van der Waals surface area (Å²) in [5.74, 6) is 0.0746. The van der Waals surface area contributed by atoms with Crippen LogP contribution in [0.25, 0.3) is 0 Å². The van der Waals surface area contributed by atoms with E-state index in [0.717, 1.165) is 24.3 Å². The molecule has 1 aromatic rings. The number of amides is 1. The van der Waals surface area contributed by atoms with Gasteiger partial charge in [-0.1, -0.05) is 18.2 Å². The van der Waals surface area contributed by atoms with E-state index >= 15 is 0 Å². The lowest BCUT2D eigenvalue weighted by Gasteiger charge is -2.31. The second-order valence-electron chi connectivity index (χ2n) is 5.46. The summed E-state index contributed by atoms with van der Waals surface area (Å²) < 4.78 is 5.68. The zero-order valence-corrected chi connectivity index (χ0v) is 11.9. The molecular formula is C15H23N2O2+. The number of nitrogens with one attached hydrogen (secondary N) is 2. The Balaban J connectivity index is 1.89. The van der Waals surface area contributed by atoms with E-state index in [2.05, 4.69) is 19.2 Å². The molecule has 0 radical (unpaired) electrons. The van der Waals surface area contributed by atoms with Gasteiger partial charge in [0, 0.05) is 5.69 Å². The summed E-state index contributed by atoms with van der Waals surface area (Å²) in [5, 5.41) is 2.99. The van der Waals surface area contributed by atoms with Gasteiger partial charge in [-0.15, -0.1) is 0 Å². The number of hydrogen-bond acceptors (Lipinski definition) is 2. The standard InChI is InChI=1S/C15H22N2O2/c1-11-6-4-5-7-14(11)16-15(18)10-17-8-12(2)19-13(3)9-17/h4-7,12-13H,8-10H2,1-3H3,(H,16,18)/p+1/t12-,13-/m0/s1. The van der Waals surface area contributed by atoms with Crippen molar-refractivity contribution in [3.63, 3.8) is 0 Å². The molecule has 1 amide bonds. The normalized spacial score (nSPS) is 27.0. The van der Waals surface area contributed by atoms with E-state index in [4.69, 9.17) is 4.74 Å². The first-order valence-electron chi connectivity index (χ1n) is 6.89. The van der Waals surface area contributed by atoms with Crippen LogP contribution in [0.1, 0.15) is 19.4 Å². The molecule has 1 heterocycles. The lowest BCUT2D eigenvalue weighted by molar-refractivity contribution is -0.907. The second-order valence-corrected chi connectivity index (χ2v) is 5.46. The zero-order chi connectivity index (χ0) is 13.8. The van der Waals surface area contributed by atoms with Crippen LogP contribution in [0.3, 0.4) is 0 Å². The van der Waals surface area contributed by atoms with E-state index in [0.29, 0.717) is 6.54 Å². The second kappa shape index (κ2) is 6.17. The summed E-state index contributed by atoms with van der Waals surface area (Å²) in [5.41, 5.74) is 2.00. The number of para-hydroxylation sites is 1. The molecule has 0 spiro atoms. The largest absolute Gasteiger partial charge is 0.364 e. The minimum atomic E-state index is 0.0746. The molecule has 0 aromatic heterocycles. The number of aryl methyl sites for hydroxylation is 1. The van der Waals surface area contributed by atoms with E-state index in [1.807, 2.05) is 31.2 Å². The summed E-state index contributed by atoms with van der Waals surface area (Å²) in [4.78, 5) is 13.4. The number of morpholine rings is 1. The van der Waals surface area contributed by atoms with Crippen LogP contribution in [0.15, 0.2) is 24.3 Å². The highest BCUT2D eigenvalue weighted by atomic mass is 16.5. The Morgan fingerprint density at radius 3 is 2.58 bits per heavy atom. The van der Waals surface area contributed by atoms with Gasteiger partial charge in [-0.25, -0.2) is 0 Å². The Bertz CT molecular complexity index is 438. The van der Waals surface area contributed by atoms with Crippen molar-refractivity contribution in [1.82, 2.24) is 0 Å². The summed E-state index contributed by atoms with van der Waals surface area (Å²) in [6, 6.07) is 7.85. The van der Waals surface area contributed by atoms with E-state index in [9.17, 15) is 4.79 Å². The van der Waals surface area contributed by atoms with Crippen molar-refractivity contribution in [2.45, 2.75) is 33.0 Å². The molecule has 1 aromatic carbocycles. The van der Waals surface area contributed by atoms with Crippen LogP contribution in [0.5, 0.6) is 0 Å². The Hall–Kier alpha value is -1.39. The quantitative estimate of drug-likeness (QED) is 0.840. The third-order valence-electron chi connectivity index (χ3n) is 3.45. The highest BCUT2D eigenvalue weighted by Gasteiger charge is 2.27. The topological polar surface area (TPSA) is 42.8 Å². The molecule has 1 aliphatic heterocycles. The van der Waals surface area contributed by atoms with Crippen LogP contribution in [0.2, 0.25) is 0 Å². The average Bonchev–Trinajstić information content (AvgIpc) is 2.30. The van der Waals surface area contributed by atoms with Crippen molar-refractivity contribution < 1.29 is 14.4 Å². The number of carbonyl (C=O) groups is 1. The first-order chi connectivity index (χ1) is 9.04. The van der Waals surface area contributed by atoms with E-state index in [1.54, 1.807) is 0 Å². The summed E-state index contributed by atoms with van der Waals surface area (Å²) in [7, 11) is 0. The number of anilines is 1. The van der Waals surface area contributed by atoms with Crippen LogP contribution >= 0.6 is 0 Å². The molecule has 0 aliphatic carbocycles. The molecule has 104 valence electrons. The fourth-order valence-corrected chi connectivity index (χ4v) is 2.67. The summed E-state index contributed by atoms with van der Waals surface area (Å²) >= 11 is 0. The molecule has 1 fully saturated rings. The molecule has 0 bridgehead atoms. The lowest BCUT2D eigenvalue weighted by atomic mass is 10.2. The molecule has 2 N–H and O–H groups in total. The van der Waals surface area contributed by atoms with Crippen LogP contribution in [-0.4, -0.2) is 37.7 Å². The number of rotatable bonds is 3. The van der Waals surface area contributed by atoms with Gasteiger partial charge < -0.3 is 15.0 Å². The maximum Gasteiger partial charge on any atom is 0.279 e. The predicted molar refractivity (Wildman–Crippen MR) is 75.4 cm³/mol. The van der Waals surface area contributed by atoms with Crippen molar-refractivity contribution >= 4 is 11.6 Å². The lowest BCUT2D eigenvalue weighted by Crippen LogP contribution is -3.16. The number of quaternary nitrogens is 1. The number of ether oxygens (including phenoxy) is 1. The van der Waals surface area contributed by atoms with Gasteiger partial charge >= 0.3 is 0 Å². The van der Waals surface area contributed by atoms with E-state index in [-0.39, 0.29) is 18.1 Å². The molecule has 4 nitrogen and oxygen atoms in total. The van der Waals surface area contributed by atoms with Crippen molar-refractivity contribution in [1.29, 1.82) is 0 Å². The van der Waals surface area contributed by atoms with Gasteiger partial charge in [0.1, 0.15) is 25.3 Å². The Labute approximate surface area is 114 Å². The Kier molecular flexibility index (Phi) is 4.56. The van der Waals surface area contributed by atoms with Gasteiger partial charge in [-0.2, -0.15) is 0 Å². The van der Waals surface area contributed by atoms with Gasteiger partial charge in [-0.3, -0.25) is 4.79 Å². The Morgan fingerprint density at radius 2 is 1.95 bits per heavy atom. The fraction of sp³-hybridized carbons (Fsp3) is 0.533. The highest BCUT2D eigenvalue weighted by molar-refractivity contribution is 5.92. The van der Waals surface area contributed by atoms with Crippen LogP contribution < -0.4 is 10.2 Å². The summed E-state index contributed by atoms with van der Waals surface area (Å²) in [6.45, 7) is 8.43. The van der Waals surface area contributed by atoms with Crippen LogP contribution in [-0.2, 0) is 9.53 Å². The van der Waals surface area contributed by atoms with Crippen molar-refractivity contribution in [2.75, 3.05) is 25.0 Å². The monoisotopic (exact) mass is 263 g/mol. The molecular weight excluding hydrogens is 240 g/mol. The fourth-order valence-electron chi connectivity index (χ4n) is 2.67. The first-order valence-corrected chi connectivity index (χ1v) is 6.89. The molecule has 0 unspecified atom stereocenters. The van der Waals surface area contributed by atoms with E-state index in [1.165, 1.54) is 4.90 Å². The van der Waals surface area contributed by atoms with Crippen molar-refractivity contribution in [3.05, 3.63) is 29.8 Å². The molecule has 2 atom stereocenters. The smallest absolute Gasteiger partial charge is 0.279 e. The first kappa shape index (κ1) is 14.0. The Morgan fingerprint density at radius 1 is 1.32 bits per heavy atom. The van der Waals surface area contributed by atoms with Crippen LogP contribution in [0.4, 0.5) is 5.69 Å². The average molecular weight is 263 g/mol. The maximum absolute atomic E-state index is 12.1. The van der Waals surface area contributed by atoms with E-state index < -0.39 is 0 Å². The SMILES string of the molecule is Cc1ccccc1NC(=O)C[NH+]1C[C@H](C)O[C@@H](C)C1. The maximum atomic E-state index is 12.1. The molecule has 2 rings (SSSR count). The zero-order valence-electron chi connectivity index (χ0n) is 11.9. The minimum Gasteiger partial charge on any atom is -0.364 e. The molecule has 1 aliphatic rings. The number of carbonyl (C=O) groups excluding carboxylic acids is 1. The third-order valence-corrected chi connectivity index (χ3v) is 3.45. The third kappa shape index (κ3) is 4.04.